The fourth-order valence-electron chi connectivity index (χ4n) is 3.27. The third-order valence-electron chi connectivity index (χ3n) is 4.93. The Morgan fingerprint density at radius 2 is 2.00 bits per heavy atom. The number of carbonyl (C=O) groups excluding carboxylic acids is 2. The highest BCUT2D eigenvalue weighted by Crippen LogP contribution is 2.27. The van der Waals surface area contributed by atoms with E-state index >= 15 is 0 Å². The third kappa shape index (κ3) is 4.15. The normalized spacial score (nSPS) is 17.9. The third-order valence-corrected chi connectivity index (χ3v) is 4.93. The molecule has 2 aromatic carbocycles. The van der Waals surface area contributed by atoms with Gasteiger partial charge in [-0.15, -0.1) is 0 Å². The van der Waals surface area contributed by atoms with Gasteiger partial charge in [-0.2, -0.15) is 0 Å². The molecule has 1 aliphatic rings. The number of hydrogen-bond acceptors (Lipinski definition) is 2. The van der Waals surface area contributed by atoms with E-state index < -0.39 is 23.6 Å². The van der Waals surface area contributed by atoms with E-state index in [1.54, 1.807) is 11.8 Å². The Bertz CT molecular complexity index is 869. The van der Waals surface area contributed by atoms with E-state index in [1.165, 1.54) is 6.07 Å². The van der Waals surface area contributed by atoms with E-state index in [2.05, 4.69) is 5.32 Å². The van der Waals surface area contributed by atoms with Crippen LogP contribution in [0.4, 0.5) is 14.5 Å². The minimum Gasteiger partial charge on any atom is -0.349 e. The van der Waals surface area contributed by atoms with E-state index in [-0.39, 0.29) is 18.2 Å². The first-order valence-corrected chi connectivity index (χ1v) is 9.03. The van der Waals surface area contributed by atoms with Crippen LogP contribution in [0.1, 0.15) is 37.4 Å². The number of carbonyl (C=O) groups is 2. The van der Waals surface area contributed by atoms with Crippen molar-refractivity contribution in [1.82, 2.24) is 5.32 Å². The number of anilines is 1. The number of aryl methyl sites for hydroxylation is 1. The molecule has 142 valence electrons. The van der Waals surface area contributed by atoms with Crippen LogP contribution in [0.15, 0.2) is 42.5 Å². The average Bonchev–Trinajstić information content (AvgIpc) is 3.05. The van der Waals surface area contributed by atoms with Gasteiger partial charge in [-0.05, 0) is 48.7 Å². The van der Waals surface area contributed by atoms with E-state index in [0.717, 1.165) is 29.8 Å². The zero-order chi connectivity index (χ0) is 19.6. The second-order valence-corrected chi connectivity index (χ2v) is 6.83. The summed E-state index contributed by atoms with van der Waals surface area (Å²) in [6, 6.07) is 10.8. The predicted molar refractivity (Wildman–Crippen MR) is 99.2 cm³/mol. The lowest BCUT2D eigenvalue weighted by atomic mass is 10.0. The van der Waals surface area contributed by atoms with Crippen LogP contribution in [-0.4, -0.2) is 18.4 Å². The Morgan fingerprint density at radius 1 is 1.22 bits per heavy atom. The molecule has 1 saturated heterocycles. The van der Waals surface area contributed by atoms with Crippen LogP contribution in [-0.2, 0) is 16.0 Å². The van der Waals surface area contributed by atoms with Crippen molar-refractivity contribution in [1.29, 1.82) is 0 Å². The molecular weight excluding hydrogens is 350 g/mol. The molecule has 27 heavy (non-hydrogen) atoms. The smallest absolute Gasteiger partial charge is 0.227 e. The van der Waals surface area contributed by atoms with Crippen LogP contribution in [0.2, 0.25) is 0 Å². The average molecular weight is 372 g/mol. The topological polar surface area (TPSA) is 49.4 Å². The highest BCUT2D eigenvalue weighted by molar-refractivity contribution is 6.00. The molecule has 2 aromatic rings. The lowest BCUT2D eigenvalue weighted by Gasteiger charge is -2.19. The van der Waals surface area contributed by atoms with Gasteiger partial charge in [-0.25, -0.2) is 8.78 Å². The second kappa shape index (κ2) is 7.86. The van der Waals surface area contributed by atoms with Crippen molar-refractivity contribution in [2.75, 3.05) is 11.4 Å². The van der Waals surface area contributed by atoms with E-state index in [9.17, 15) is 18.4 Å². The molecule has 4 nitrogen and oxygen atoms in total. The second-order valence-electron chi connectivity index (χ2n) is 6.83. The number of rotatable bonds is 5. The molecule has 1 heterocycles. The molecule has 0 bridgehead atoms. The highest BCUT2D eigenvalue weighted by atomic mass is 19.2. The van der Waals surface area contributed by atoms with Gasteiger partial charge in [0.15, 0.2) is 11.6 Å². The molecule has 1 aliphatic heterocycles. The molecule has 0 spiro atoms. The highest BCUT2D eigenvalue weighted by Gasteiger charge is 2.35. The summed E-state index contributed by atoms with van der Waals surface area (Å²) in [5.74, 6) is -2.72. The van der Waals surface area contributed by atoms with Crippen molar-refractivity contribution in [3.63, 3.8) is 0 Å². The van der Waals surface area contributed by atoms with Crippen molar-refractivity contribution in [3.05, 3.63) is 65.2 Å². The molecular formula is C21H22F2N2O2. The number of hydrogen-bond donors (Lipinski definition) is 1. The van der Waals surface area contributed by atoms with Gasteiger partial charge >= 0.3 is 0 Å². The predicted octanol–water partition coefficient (Wildman–Crippen LogP) is 3.76. The maximum atomic E-state index is 13.4. The minimum atomic E-state index is -0.952. The SMILES string of the molecule is CCc1cccc(N2C[C@@H](C(=O)N[C@@H](C)c3ccc(F)c(F)c3)CC2=O)c1. The zero-order valence-corrected chi connectivity index (χ0v) is 15.3. The molecule has 3 rings (SSSR count). The zero-order valence-electron chi connectivity index (χ0n) is 15.3. The summed E-state index contributed by atoms with van der Waals surface area (Å²) in [5.41, 5.74) is 2.39. The van der Waals surface area contributed by atoms with E-state index in [0.29, 0.717) is 12.1 Å². The van der Waals surface area contributed by atoms with E-state index in [1.807, 2.05) is 31.2 Å². The number of halogens is 2. The molecule has 2 atom stereocenters. The standard InChI is InChI=1S/C21H22F2N2O2/c1-3-14-5-4-6-17(9-14)25-12-16(11-20(25)26)21(27)24-13(2)15-7-8-18(22)19(23)10-15/h4-10,13,16H,3,11-12H2,1-2H3,(H,24,27)/t13-,16-/m0/s1. The Balaban J connectivity index is 1.67. The molecule has 0 saturated carbocycles. The summed E-state index contributed by atoms with van der Waals surface area (Å²) in [4.78, 5) is 26.6. The van der Waals surface area contributed by atoms with Crippen LogP contribution < -0.4 is 10.2 Å². The van der Waals surface area contributed by atoms with Crippen LogP contribution in [0, 0.1) is 17.6 Å². The monoisotopic (exact) mass is 372 g/mol. The summed E-state index contributed by atoms with van der Waals surface area (Å²) < 4.78 is 26.5. The molecule has 6 heteroatoms. The number of nitrogens with one attached hydrogen (secondary N) is 1. The summed E-state index contributed by atoms with van der Waals surface area (Å²) in [6.45, 7) is 4.05. The number of benzene rings is 2. The van der Waals surface area contributed by atoms with Gasteiger partial charge in [-0.3, -0.25) is 9.59 Å². The van der Waals surface area contributed by atoms with Gasteiger partial charge in [0, 0.05) is 18.7 Å². The number of amides is 2. The van der Waals surface area contributed by atoms with Crippen molar-refractivity contribution in [2.24, 2.45) is 5.92 Å². The Morgan fingerprint density at radius 3 is 2.70 bits per heavy atom. The summed E-state index contributed by atoms with van der Waals surface area (Å²) in [6.07, 6.45) is 0.998. The summed E-state index contributed by atoms with van der Waals surface area (Å²) in [7, 11) is 0. The van der Waals surface area contributed by atoms with Crippen molar-refractivity contribution < 1.29 is 18.4 Å². The fourth-order valence-corrected chi connectivity index (χ4v) is 3.27. The van der Waals surface area contributed by atoms with Gasteiger partial charge < -0.3 is 10.2 Å². The lowest BCUT2D eigenvalue weighted by Crippen LogP contribution is -2.34. The largest absolute Gasteiger partial charge is 0.349 e. The lowest BCUT2D eigenvalue weighted by molar-refractivity contribution is -0.126. The van der Waals surface area contributed by atoms with Crippen LogP contribution >= 0.6 is 0 Å². The maximum Gasteiger partial charge on any atom is 0.227 e. The first-order valence-electron chi connectivity index (χ1n) is 9.03. The van der Waals surface area contributed by atoms with Gasteiger partial charge in [0.05, 0.1) is 12.0 Å². The first kappa shape index (κ1) is 19.0. The fraction of sp³-hybridized carbons (Fsp3) is 0.333. The molecule has 0 aliphatic carbocycles. The Kier molecular flexibility index (Phi) is 5.54. The molecule has 0 unspecified atom stereocenters. The van der Waals surface area contributed by atoms with Crippen molar-refractivity contribution >= 4 is 17.5 Å². The molecule has 1 N–H and O–H groups in total. The Hall–Kier alpha value is -2.76. The van der Waals surface area contributed by atoms with Gasteiger partial charge in [0.25, 0.3) is 0 Å². The van der Waals surface area contributed by atoms with Gasteiger partial charge in [0.2, 0.25) is 11.8 Å². The maximum absolute atomic E-state index is 13.4. The Labute approximate surface area is 157 Å². The number of nitrogens with zero attached hydrogens (tertiary/aromatic N) is 1. The van der Waals surface area contributed by atoms with Crippen LogP contribution in [0.3, 0.4) is 0 Å². The molecule has 0 radical (unpaired) electrons. The molecule has 2 amide bonds. The quantitative estimate of drug-likeness (QED) is 0.869. The summed E-state index contributed by atoms with van der Waals surface area (Å²) in [5, 5.41) is 2.79. The molecule has 0 aromatic heterocycles. The summed E-state index contributed by atoms with van der Waals surface area (Å²) >= 11 is 0. The van der Waals surface area contributed by atoms with Gasteiger partial charge in [-0.1, -0.05) is 25.1 Å². The van der Waals surface area contributed by atoms with Crippen molar-refractivity contribution in [2.45, 2.75) is 32.7 Å². The molecule has 1 fully saturated rings. The van der Waals surface area contributed by atoms with Crippen molar-refractivity contribution in [3.8, 4) is 0 Å². The van der Waals surface area contributed by atoms with Gasteiger partial charge in [0.1, 0.15) is 0 Å². The minimum absolute atomic E-state index is 0.0936. The first-order chi connectivity index (χ1) is 12.9. The van der Waals surface area contributed by atoms with E-state index in [4.69, 9.17) is 0 Å². The van der Waals surface area contributed by atoms with Crippen LogP contribution in [0.25, 0.3) is 0 Å². The van der Waals surface area contributed by atoms with Crippen LogP contribution in [0.5, 0.6) is 0 Å².